The summed E-state index contributed by atoms with van der Waals surface area (Å²) in [5.74, 6) is -1.14. The number of benzene rings is 1. The summed E-state index contributed by atoms with van der Waals surface area (Å²) in [4.78, 5) is 22.0. The second-order valence-electron chi connectivity index (χ2n) is 3.92. The molecule has 0 heterocycles. The highest BCUT2D eigenvalue weighted by Crippen LogP contribution is 2.20. The Hall–Kier alpha value is -2.34. The number of methoxy groups -OCH3 is 1. The lowest BCUT2D eigenvalue weighted by atomic mass is 10.1. The molecule has 0 unspecified atom stereocenters. The molecule has 0 aliphatic heterocycles. The number of carbonyl (C=O) groups is 2. The van der Waals surface area contributed by atoms with Gasteiger partial charge in [-0.3, -0.25) is 4.79 Å². The van der Waals surface area contributed by atoms with Gasteiger partial charge in [-0.2, -0.15) is 0 Å². The molecular weight excluding hydrogens is 262 g/mol. The Morgan fingerprint density at radius 1 is 1.30 bits per heavy atom. The third-order valence-electron chi connectivity index (χ3n) is 2.30. The van der Waals surface area contributed by atoms with Crippen LogP contribution in [0.25, 0.3) is 6.08 Å². The highest BCUT2D eigenvalue weighted by Gasteiger charge is 2.10. The van der Waals surface area contributed by atoms with Crippen LogP contribution in [0.5, 0.6) is 5.75 Å². The van der Waals surface area contributed by atoms with Gasteiger partial charge in [-0.05, 0) is 12.1 Å². The van der Waals surface area contributed by atoms with E-state index in [-0.39, 0.29) is 5.70 Å². The number of carbonyl (C=O) groups excluding carboxylic acids is 1. The van der Waals surface area contributed by atoms with Gasteiger partial charge in [0.15, 0.2) is 0 Å². The van der Waals surface area contributed by atoms with E-state index in [0.717, 1.165) is 0 Å². The average Bonchev–Trinajstić information content (AvgIpc) is 2.39. The molecule has 1 aromatic rings. The molecule has 0 radical (unpaired) electrons. The van der Waals surface area contributed by atoms with Crippen molar-refractivity contribution in [3.63, 3.8) is 0 Å². The van der Waals surface area contributed by atoms with Crippen LogP contribution in [0.2, 0.25) is 0 Å². The molecule has 6 heteroatoms. The molecule has 0 saturated heterocycles. The molecule has 108 valence electrons. The van der Waals surface area contributed by atoms with E-state index in [1.54, 1.807) is 31.4 Å². The van der Waals surface area contributed by atoms with Crippen molar-refractivity contribution < 1.29 is 24.2 Å². The number of rotatable bonds is 7. The van der Waals surface area contributed by atoms with E-state index in [2.05, 4.69) is 5.32 Å². The summed E-state index contributed by atoms with van der Waals surface area (Å²) in [6.45, 7) is 2.02. The van der Waals surface area contributed by atoms with E-state index >= 15 is 0 Å². The molecule has 6 nitrogen and oxygen atoms in total. The predicted octanol–water partition coefficient (Wildman–Crippen LogP) is 1.27. The fourth-order valence-electron chi connectivity index (χ4n) is 1.46. The Balaban J connectivity index is 2.98. The molecule has 0 bridgehead atoms. The smallest absolute Gasteiger partial charge is 0.352 e. The van der Waals surface area contributed by atoms with Crippen LogP contribution in [0.3, 0.4) is 0 Å². The Bertz CT molecular complexity index is 510. The Kier molecular flexibility index (Phi) is 6.25. The van der Waals surface area contributed by atoms with E-state index in [4.69, 9.17) is 14.6 Å². The zero-order valence-electron chi connectivity index (χ0n) is 11.4. The van der Waals surface area contributed by atoms with Gasteiger partial charge in [-0.25, -0.2) is 4.79 Å². The lowest BCUT2D eigenvalue weighted by Gasteiger charge is -2.09. The summed E-state index contributed by atoms with van der Waals surface area (Å²) in [6, 6.07) is 6.95. The number of carboxylic acids is 1. The molecule has 1 rings (SSSR count). The maximum atomic E-state index is 11.1. The van der Waals surface area contributed by atoms with Crippen LogP contribution in [-0.4, -0.2) is 37.3 Å². The van der Waals surface area contributed by atoms with Gasteiger partial charge >= 0.3 is 5.97 Å². The summed E-state index contributed by atoms with van der Waals surface area (Å²) in [6.07, 6.45) is 1.35. The van der Waals surface area contributed by atoms with E-state index in [9.17, 15) is 9.59 Å². The quantitative estimate of drug-likeness (QED) is 0.580. The van der Waals surface area contributed by atoms with Crippen molar-refractivity contribution in [3.05, 3.63) is 35.5 Å². The zero-order valence-corrected chi connectivity index (χ0v) is 11.4. The number of amides is 1. The van der Waals surface area contributed by atoms with Crippen molar-refractivity contribution in [2.45, 2.75) is 6.92 Å². The molecule has 0 aliphatic carbocycles. The number of hydrogen-bond donors (Lipinski definition) is 2. The first-order chi connectivity index (χ1) is 9.54. The maximum absolute atomic E-state index is 11.1. The lowest BCUT2D eigenvalue weighted by molar-refractivity contribution is -0.134. The van der Waals surface area contributed by atoms with E-state index in [1.165, 1.54) is 13.0 Å². The molecular formula is C14H17NO5. The van der Waals surface area contributed by atoms with Gasteiger partial charge in [0.25, 0.3) is 0 Å². The van der Waals surface area contributed by atoms with Crippen molar-refractivity contribution in [3.8, 4) is 5.75 Å². The van der Waals surface area contributed by atoms with Gasteiger partial charge in [0.05, 0.1) is 6.61 Å². The number of nitrogens with one attached hydrogen (secondary N) is 1. The third kappa shape index (κ3) is 5.11. The number of aliphatic carboxylic acids is 1. The first-order valence-electron chi connectivity index (χ1n) is 5.98. The van der Waals surface area contributed by atoms with Crippen LogP contribution < -0.4 is 10.1 Å². The monoisotopic (exact) mass is 279 g/mol. The summed E-state index contributed by atoms with van der Waals surface area (Å²) in [5, 5.41) is 11.3. The highest BCUT2D eigenvalue weighted by molar-refractivity contribution is 5.96. The average molecular weight is 279 g/mol. The SMILES string of the molecule is COCCOc1ccccc1/C=C(\NC(C)=O)C(=O)O. The van der Waals surface area contributed by atoms with Crippen LogP contribution in [0.15, 0.2) is 30.0 Å². The number of para-hydroxylation sites is 1. The minimum absolute atomic E-state index is 0.208. The highest BCUT2D eigenvalue weighted by atomic mass is 16.5. The minimum Gasteiger partial charge on any atom is -0.491 e. The molecule has 0 spiro atoms. The van der Waals surface area contributed by atoms with Gasteiger partial charge < -0.3 is 19.9 Å². The van der Waals surface area contributed by atoms with Crippen molar-refractivity contribution >= 4 is 18.0 Å². The van der Waals surface area contributed by atoms with Crippen LogP contribution in [0, 0.1) is 0 Å². The summed E-state index contributed by atoms with van der Waals surface area (Å²) >= 11 is 0. The minimum atomic E-state index is -1.22. The van der Waals surface area contributed by atoms with E-state index < -0.39 is 11.9 Å². The van der Waals surface area contributed by atoms with Gasteiger partial charge in [0.1, 0.15) is 18.1 Å². The van der Waals surface area contributed by atoms with Crippen LogP contribution in [-0.2, 0) is 14.3 Å². The second-order valence-corrected chi connectivity index (χ2v) is 3.92. The first kappa shape index (κ1) is 15.7. The second kappa shape index (κ2) is 7.96. The molecule has 0 aliphatic rings. The Morgan fingerprint density at radius 3 is 2.60 bits per heavy atom. The van der Waals surface area contributed by atoms with Crippen molar-refractivity contribution in [2.75, 3.05) is 20.3 Å². The number of hydrogen-bond acceptors (Lipinski definition) is 4. The van der Waals surface area contributed by atoms with Gasteiger partial charge in [-0.1, -0.05) is 18.2 Å². The first-order valence-corrected chi connectivity index (χ1v) is 5.98. The van der Waals surface area contributed by atoms with Crippen LogP contribution in [0.4, 0.5) is 0 Å². The fraction of sp³-hybridized carbons (Fsp3) is 0.286. The largest absolute Gasteiger partial charge is 0.491 e. The zero-order chi connectivity index (χ0) is 15.0. The van der Waals surface area contributed by atoms with Gasteiger partial charge in [0, 0.05) is 19.6 Å². The third-order valence-corrected chi connectivity index (χ3v) is 2.30. The molecule has 0 aromatic heterocycles. The van der Waals surface area contributed by atoms with Gasteiger partial charge in [0.2, 0.25) is 5.91 Å². The molecule has 1 amide bonds. The molecule has 0 atom stereocenters. The summed E-state index contributed by atoms with van der Waals surface area (Å²) in [5.41, 5.74) is 0.357. The van der Waals surface area contributed by atoms with Crippen molar-refractivity contribution in [1.82, 2.24) is 5.32 Å². The molecule has 20 heavy (non-hydrogen) atoms. The summed E-state index contributed by atoms with van der Waals surface area (Å²) < 4.78 is 10.4. The molecule has 2 N–H and O–H groups in total. The van der Waals surface area contributed by atoms with Gasteiger partial charge in [-0.15, -0.1) is 0 Å². The Morgan fingerprint density at radius 2 is 2.00 bits per heavy atom. The normalized spacial score (nSPS) is 11.0. The predicted molar refractivity (Wildman–Crippen MR) is 73.2 cm³/mol. The van der Waals surface area contributed by atoms with E-state index in [1.807, 2.05) is 0 Å². The van der Waals surface area contributed by atoms with E-state index in [0.29, 0.717) is 24.5 Å². The topological polar surface area (TPSA) is 84.9 Å². The summed E-state index contributed by atoms with van der Waals surface area (Å²) in [7, 11) is 1.56. The number of carboxylic acid groups (broad SMARTS) is 1. The molecule has 0 saturated carbocycles. The van der Waals surface area contributed by atoms with Crippen LogP contribution in [0.1, 0.15) is 12.5 Å². The number of ether oxygens (including phenoxy) is 2. The Labute approximate surface area is 117 Å². The molecule has 0 fully saturated rings. The standard InChI is InChI=1S/C14H17NO5/c1-10(16)15-12(14(17)18)9-11-5-3-4-6-13(11)20-8-7-19-2/h3-6,9H,7-8H2,1-2H3,(H,15,16)(H,17,18)/b12-9-. The maximum Gasteiger partial charge on any atom is 0.352 e. The molecule has 1 aromatic carbocycles. The lowest BCUT2D eigenvalue weighted by Crippen LogP contribution is -2.24. The fourth-order valence-corrected chi connectivity index (χ4v) is 1.46. The van der Waals surface area contributed by atoms with Crippen molar-refractivity contribution in [1.29, 1.82) is 0 Å². The van der Waals surface area contributed by atoms with Crippen LogP contribution >= 0.6 is 0 Å². The van der Waals surface area contributed by atoms with Crippen molar-refractivity contribution in [2.24, 2.45) is 0 Å².